The first-order valence-corrected chi connectivity index (χ1v) is 14.6. The molecule has 6 rings (SSSR count). The number of benzene rings is 4. The third kappa shape index (κ3) is 4.18. The summed E-state index contributed by atoms with van der Waals surface area (Å²) in [6.07, 6.45) is 2.12. The zero-order chi connectivity index (χ0) is 25.2. The average Bonchev–Trinajstić information content (AvgIpc) is 3.46. The average molecular weight is 502 g/mol. The predicted octanol–water partition coefficient (Wildman–Crippen LogP) is 7.24. The molecule has 0 radical (unpaired) electrons. The van der Waals surface area contributed by atoms with Crippen molar-refractivity contribution in [3.63, 3.8) is 0 Å². The van der Waals surface area contributed by atoms with E-state index in [0.717, 1.165) is 37.3 Å². The van der Waals surface area contributed by atoms with E-state index in [1.165, 1.54) is 38.0 Å². The van der Waals surface area contributed by atoms with Gasteiger partial charge in [0.1, 0.15) is 0 Å². The van der Waals surface area contributed by atoms with E-state index in [1.54, 1.807) is 0 Å². The minimum atomic E-state index is -0.805. The quantitative estimate of drug-likeness (QED) is 0.202. The van der Waals surface area contributed by atoms with Crippen molar-refractivity contribution >= 4 is 45.8 Å². The molecule has 0 amide bonds. The van der Waals surface area contributed by atoms with Crippen molar-refractivity contribution < 1.29 is 0 Å². The molecule has 2 aromatic heterocycles. The summed E-state index contributed by atoms with van der Waals surface area (Å²) >= 11 is 0. The molecule has 0 spiro atoms. The number of nitrogens with zero attached hydrogens (tertiary/aromatic N) is 3. The number of rotatable bonds is 8. The first kappa shape index (κ1) is 23.7. The van der Waals surface area contributed by atoms with Gasteiger partial charge in [0.05, 0.1) is 16.7 Å². The predicted molar refractivity (Wildman–Crippen MR) is 160 cm³/mol. The lowest BCUT2D eigenvalue weighted by atomic mass is 10.2. The van der Waals surface area contributed by atoms with Gasteiger partial charge >= 0.3 is 0 Å². The zero-order valence-corrected chi connectivity index (χ0v) is 22.4. The third-order valence-electron chi connectivity index (χ3n) is 6.96. The van der Waals surface area contributed by atoms with Gasteiger partial charge in [0.2, 0.25) is 0 Å². The SMILES string of the molecule is CCCn1c(-c2c(P(c3ccccc3)c3ccccc3)c3ccccc3n2CCC)nc2ccccc21. The lowest BCUT2D eigenvalue weighted by molar-refractivity contribution is 0.679. The fraction of sp³-hybridized carbons (Fsp3) is 0.182. The summed E-state index contributed by atoms with van der Waals surface area (Å²) in [5.41, 5.74) is 4.84. The van der Waals surface area contributed by atoms with Crippen LogP contribution in [0.4, 0.5) is 0 Å². The Balaban J connectivity index is 1.76. The van der Waals surface area contributed by atoms with Crippen LogP contribution in [0, 0.1) is 0 Å². The van der Waals surface area contributed by atoms with E-state index in [4.69, 9.17) is 4.98 Å². The summed E-state index contributed by atoms with van der Waals surface area (Å²) in [6.45, 7) is 6.42. The van der Waals surface area contributed by atoms with Crippen LogP contribution in [0.3, 0.4) is 0 Å². The van der Waals surface area contributed by atoms with Crippen LogP contribution < -0.4 is 15.9 Å². The first-order chi connectivity index (χ1) is 18.3. The van der Waals surface area contributed by atoms with Crippen molar-refractivity contribution in [2.75, 3.05) is 0 Å². The van der Waals surface area contributed by atoms with Crippen molar-refractivity contribution in [2.45, 2.75) is 39.8 Å². The molecule has 0 aliphatic carbocycles. The Kier molecular flexibility index (Phi) is 6.64. The van der Waals surface area contributed by atoms with Gasteiger partial charge < -0.3 is 9.13 Å². The molecule has 4 heteroatoms. The molecule has 0 atom stereocenters. The van der Waals surface area contributed by atoms with E-state index in [2.05, 4.69) is 132 Å². The highest BCUT2D eigenvalue weighted by atomic mass is 31.1. The number of aromatic nitrogens is 3. The van der Waals surface area contributed by atoms with Crippen LogP contribution in [0.1, 0.15) is 26.7 Å². The number of fused-ring (bicyclic) bond motifs is 2. The van der Waals surface area contributed by atoms with Gasteiger partial charge in [0, 0.05) is 29.3 Å². The maximum atomic E-state index is 5.32. The van der Waals surface area contributed by atoms with Gasteiger partial charge in [-0.1, -0.05) is 105 Å². The number of hydrogen-bond acceptors (Lipinski definition) is 1. The van der Waals surface area contributed by atoms with Crippen LogP contribution in [0.2, 0.25) is 0 Å². The Hall–Kier alpha value is -3.68. The molecular weight excluding hydrogens is 469 g/mol. The maximum Gasteiger partial charge on any atom is 0.158 e. The summed E-state index contributed by atoms with van der Waals surface area (Å²) in [7, 11) is -0.805. The number of aryl methyl sites for hydroxylation is 2. The van der Waals surface area contributed by atoms with Gasteiger partial charge in [-0.3, -0.25) is 0 Å². The van der Waals surface area contributed by atoms with E-state index >= 15 is 0 Å². The van der Waals surface area contributed by atoms with Crippen molar-refractivity contribution in [3.05, 3.63) is 109 Å². The Bertz CT molecular complexity index is 1610. The van der Waals surface area contributed by atoms with Gasteiger partial charge in [0.25, 0.3) is 0 Å². The second-order valence-electron chi connectivity index (χ2n) is 9.45. The molecule has 0 bridgehead atoms. The van der Waals surface area contributed by atoms with Crippen molar-refractivity contribution in [1.29, 1.82) is 0 Å². The van der Waals surface area contributed by atoms with E-state index in [9.17, 15) is 0 Å². The van der Waals surface area contributed by atoms with Gasteiger partial charge in [-0.15, -0.1) is 0 Å². The molecule has 0 aliphatic heterocycles. The molecule has 0 fully saturated rings. The van der Waals surface area contributed by atoms with Crippen LogP contribution in [0.5, 0.6) is 0 Å². The van der Waals surface area contributed by atoms with Crippen molar-refractivity contribution in [3.8, 4) is 11.5 Å². The number of imidazole rings is 1. The fourth-order valence-corrected chi connectivity index (χ4v) is 8.08. The number of hydrogen-bond donors (Lipinski definition) is 0. The van der Waals surface area contributed by atoms with Crippen molar-refractivity contribution in [1.82, 2.24) is 14.1 Å². The topological polar surface area (TPSA) is 22.8 Å². The molecule has 0 saturated heterocycles. The van der Waals surface area contributed by atoms with E-state index in [1.807, 2.05) is 0 Å². The first-order valence-electron chi connectivity index (χ1n) is 13.3. The highest BCUT2D eigenvalue weighted by molar-refractivity contribution is 7.80. The van der Waals surface area contributed by atoms with Gasteiger partial charge in [-0.2, -0.15) is 0 Å². The Morgan fingerprint density at radius 3 is 1.78 bits per heavy atom. The molecule has 37 heavy (non-hydrogen) atoms. The van der Waals surface area contributed by atoms with E-state index in [-0.39, 0.29) is 0 Å². The molecule has 0 unspecified atom stereocenters. The van der Waals surface area contributed by atoms with Crippen LogP contribution in [0.25, 0.3) is 33.5 Å². The minimum Gasteiger partial charge on any atom is -0.337 e. The normalized spacial score (nSPS) is 11.6. The molecule has 6 aromatic rings. The highest BCUT2D eigenvalue weighted by Gasteiger charge is 2.30. The molecular formula is C33H32N3P. The monoisotopic (exact) mass is 501 g/mol. The Labute approximate surface area is 220 Å². The minimum absolute atomic E-state index is 0.805. The third-order valence-corrected chi connectivity index (χ3v) is 9.49. The molecule has 3 nitrogen and oxygen atoms in total. The molecule has 4 aromatic carbocycles. The molecule has 184 valence electrons. The standard InChI is InChI=1S/C33H32N3P/c1-3-23-35-29-21-13-11-19-27(29)32(37(25-15-7-5-8-16-25)26-17-9-6-10-18-26)31(35)33-34-28-20-12-14-22-30(28)36(33)24-4-2/h5-22H,3-4,23-24H2,1-2H3. The van der Waals surface area contributed by atoms with E-state index in [0.29, 0.717) is 0 Å². The second kappa shape index (κ2) is 10.4. The highest BCUT2D eigenvalue weighted by Crippen LogP contribution is 2.42. The lowest BCUT2D eigenvalue weighted by Crippen LogP contribution is -2.23. The van der Waals surface area contributed by atoms with Crippen LogP contribution >= 0.6 is 7.92 Å². The van der Waals surface area contributed by atoms with Crippen molar-refractivity contribution in [2.24, 2.45) is 0 Å². The summed E-state index contributed by atoms with van der Waals surface area (Å²) in [5, 5.41) is 5.47. The van der Waals surface area contributed by atoms with Crippen LogP contribution in [-0.2, 0) is 13.1 Å². The largest absolute Gasteiger partial charge is 0.337 e. The second-order valence-corrected chi connectivity index (χ2v) is 11.6. The molecule has 2 heterocycles. The fourth-order valence-electron chi connectivity index (χ4n) is 5.46. The number of para-hydroxylation sites is 3. The molecule has 0 saturated carbocycles. The maximum absolute atomic E-state index is 5.32. The summed E-state index contributed by atoms with van der Waals surface area (Å²) < 4.78 is 4.99. The molecule has 0 aliphatic rings. The van der Waals surface area contributed by atoms with Gasteiger partial charge in [0.15, 0.2) is 5.82 Å². The van der Waals surface area contributed by atoms with Gasteiger partial charge in [-0.25, -0.2) is 4.98 Å². The van der Waals surface area contributed by atoms with Gasteiger partial charge in [-0.05, 0) is 49.6 Å². The zero-order valence-electron chi connectivity index (χ0n) is 21.5. The Morgan fingerprint density at radius 2 is 1.14 bits per heavy atom. The Morgan fingerprint density at radius 1 is 0.595 bits per heavy atom. The summed E-state index contributed by atoms with van der Waals surface area (Å²) in [6, 6.07) is 39.6. The summed E-state index contributed by atoms with van der Waals surface area (Å²) in [5.74, 6) is 1.09. The van der Waals surface area contributed by atoms with E-state index < -0.39 is 7.92 Å². The van der Waals surface area contributed by atoms with Crippen LogP contribution in [0.15, 0.2) is 109 Å². The van der Waals surface area contributed by atoms with Crippen LogP contribution in [-0.4, -0.2) is 14.1 Å². The summed E-state index contributed by atoms with van der Waals surface area (Å²) in [4.78, 5) is 5.32. The molecule has 0 N–H and O–H groups in total. The lowest BCUT2D eigenvalue weighted by Gasteiger charge is -2.22. The smallest absolute Gasteiger partial charge is 0.158 e.